The molecule has 1 fully saturated rings. The van der Waals surface area contributed by atoms with Gasteiger partial charge >= 0.3 is 6.03 Å². The molecule has 7 heteroatoms. The summed E-state index contributed by atoms with van der Waals surface area (Å²) in [5.74, 6) is -0.232. The third kappa shape index (κ3) is 7.19. The summed E-state index contributed by atoms with van der Waals surface area (Å²) in [6, 6.07) is 26.8. The zero-order valence-electron chi connectivity index (χ0n) is 22.2. The maximum atomic E-state index is 14.0. The Morgan fingerprint density at radius 3 is 1.95 bits per heavy atom. The van der Waals surface area contributed by atoms with Gasteiger partial charge in [-0.25, -0.2) is 9.18 Å². The Labute approximate surface area is 225 Å². The summed E-state index contributed by atoms with van der Waals surface area (Å²) in [6.07, 6.45) is 0.234. The molecule has 1 aliphatic rings. The highest BCUT2D eigenvalue weighted by atomic mass is 19.1. The lowest BCUT2D eigenvalue weighted by Gasteiger charge is -2.40. The number of carbonyl (C=O) groups excluding carboxylic acids is 2. The Morgan fingerprint density at radius 2 is 1.39 bits per heavy atom. The number of nitrogens with one attached hydrogen (secondary N) is 1. The monoisotopic (exact) mass is 516 g/mol. The summed E-state index contributed by atoms with van der Waals surface area (Å²) < 4.78 is 14.0. The number of carbonyl (C=O) groups is 2. The molecule has 6 nitrogen and oxygen atoms in total. The number of rotatable bonds is 9. The molecule has 0 atom stereocenters. The van der Waals surface area contributed by atoms with Crippen molar-refractivity contribution in [3.8, 4) is 0 Å². The van der Waals surface area contributed by atoms with Crippen molar-refractivity contribution in [2.45, 2.75) is 26.3 Å². The number of nitrogens with zero attached hydrogens (tertiary/aromatic N) is 3. The summed E-state index contributed by atoms with van der Waals surface area (Å²) in [5.41, 5.74) is 2.62. The van der Waals surface area contributed by atoms with Crippen molar-refractivity contribution in [2.24, 2.45) is 5.92 Å². The van der Waals surface area contributed by atoms with Gasteiger partial charge in [-0.05, 0) is 29.2 Å². The van der Waals surface area contributed by atoms with E-state index in [-0.39, 0.29) is 36.5 Å². The van der Waals surface area contributed by atoms with Crippen molar-refractivity contribution < 1.29 is 14.0 Å². The molecule has 1 aliphatic heterocycles. The molecular formula is C31H37FN4O2. The number of amides is 3. The predicted molar refractivity (Wildman–Crippen MR) is 149 cm³/mol. The van der Waals surface area contributed by atoms with Crippen LogP contribution in [0.2, 0.25) is 0 Å². The highest BCUT2D eigenvalue weighted by Gasteiger charge is 2.28. The fourth-order valence-electron chi connectivity index (χ4n) is 4.98. The van der Waals surface area contributed by atoms with E-state index in [0.29, 0.717) is 19.6 Å². The molecule has 3 amide bonds. The summed E-state index contributed by atoms with van der Waals surface area (Å²) >= 11 is 0. The Balaban J connectivity index is 1.35. The first-order chi connectivity index (χ1) is 18.4. The Hall–Kier alpha value is -3.71. The molecule has 0 aliphatic carbocycles. The van der Waals surface area contributed by atoms with Crippen molar-refractivity contribution >= 4 is 17.6 Å². The van der Waals surface area contributed by atoms with E-state index < -0.39 is 11.8 Å². The third-order valence-corrected chi connectivity index (χ3v) is 6.85. The fraction of sp³-hybridized carbons (Fsp3) is 0.355. The second kappa shape index (κ2) is 13.2. The summed E-state index contributed by atoms with van der Waals surface area (Å²) in [6.45, 7) is 7.61. The zero-order valence-corrected chi connectivity index (χ0v) is 22.2. The topological polar surface area (TPSA) is 55.9 Å². The van der Waals surface area contributed by atoms with Gasteiger partial charge in [-0.15, -0.1) is 0 Å². The standard InChI is InChI=1S/C31H37FN4O2/c1-24(2)23-36(31(38)33-28-16-10-9-15-27(28)32)18-17-29(37)34-19-21-35(22-20-34)30(25-11-5-3-6-12-25)26-13-7-4-8-14-26/h3-16,24,30H,17-23H2,1-2H3,(H,33,38). The van der Waals surface area contributed by atoms with Crippen molar-refractivity contribution in [2.75, 3.05) is 44.6 Å². The average Bonchev–Trinajstić information content (AvgIpc) is 2.93. The lowest BCUT2D eigenvalue weighted by Crippen LogP contribution is -2.50. The first kappa shape index (κ1) is 27.3. The maximum Gasteiger partial charge on any atom is 0.321 e. The molecule has 4 rings (SSSR count). The highest BCUT2D eigenvalue weighted by Crippen LogP contribution is 2.29. The smallest absolute Gasteiger partial charge is 0.321 e. The molecule has 0 aromatic heterocycles. The first-order valence-corrected chi connectivity index (χ1v) is 13.3. The second-order valence-corrected chi connectivity index (χ2v) is 10.1. The number of anilines is 1. The molecule has 0 unspecified atom stereocenters. The van der Waals surface area contributed by atoms with Crippen LogP contribution in [0, 0.1) is 11.7 Å². The number of halogens is 1. The summed E-state index contributed by atoms with van der Waals surface area (Å²) in [7, 11) is 0. The van der Waals surface area contributed by atoms with Gasteiger partial charge in [-0.2, -0.15) is 0 Å². The van der Waals surface area contributed by atoms with Gasteiger partial charge in [0.2, 0.25) is 5.91 Å². The lowest BCUT2D eigenvalue weighted by atomic mass is 9.96. The molecule has 3 aromatic carbocycles. The van der Waals surface area contributed by atoms with E-state index in [1.807, 2.05) is 30.9 Å². The molecule has 0 spiro atoms. The van der Waals surface area contributed by atoms with E-state index in [4.69, 9.17) is 0 Å². The van der Waals surface area contributed by atoms with Crippen LogP contribution in [-0.4, -0.2) is 65.9 Å². The molecule has 1 N–H and O–H groups in total. The van der Waals surface area contributed by atoms with Gasteiger partial charge in [0.15, 0.2) is 0 Å². The number of para-hydroxylation sites is 1. The number of urea groups is 1. The Kier molecular flexibility index (Phi) is 9.49. The minimum absolute atomic E-state index is 0.0353. The number of piperazine rings is 1. The normalized spacial score (nSPS) is 14.1. The lowest BCUT2D eigenvalue weighted by molar-refractivity contribution is -0.133. The highest BCUT2D eigenvalue weighted by molar-refractivity contribution is 5.89. The number of benzene rings is 3. The SMILES string of the molecule is CC(C)CN(CCC(=O)N1CCN(C(c2ccccc2)c2ccccc2)CC1)C(=O)Nc1ccccc1F. The van der Waals surface area contributed by atoms with E-state index in [9.17, 15) is 14.0 Å². The molecule has 38 heavy (non-hydrogen) atoms. The summed E-state index contributed by atoms with van der Waals surface area (Å²) in [4.78, 5) is 32.0. The second-order valence-electron chi connectivity index (χ2n) is 10.1. The quantitative estimate of drug-likeness (QED) is 0.401. The van der Waals surface area contributed by atoms with E-state index in [0.717, 1.165) is 13.1 Å². The molecular weight excluding hydrogens is 479 g/mol. The molecule has 0 saturated carbocycles. The van der Waals surface area contributed by atoms with Gasteiger partial charge in [0.25, 0.3) is 0 Å². The van der Waals surface area contributed by atoms with Crippen molar-refractivity contribution in [3.05, 3.63) is 102 Å². The van der Waals surface area contributed by atoms with Crippen molar-refractivity contribution in [1.29, 1.82) is 0 Å². The van der Waals surface area contributed by atoms with Crippen LogP contribution in [0.1, 0.15) is 37.4 Å². The van der Waals surface area contributed by atoms with Crippen LogP contribution in [0.15, 0.2) is 84.9 Å². The average molecular weight is 517 g/mol. The first-order valence-electron chi connectivity index (χ1n) is 13.3. The van der Waals surface area contributed by atoms with Crippen LogP contribution >= 0.6 is 0 Å². The van der Waals surface area contributed by atoms with Crippen LogP contribution in [0.3, 0.4) is 0 Å². The molecule has 1 saturated heterocycles. The number of hydrogen-bond donors (Lipinski definition) is 1. The molecule has 1 heterocycles. The predicted octanol–water partition coefficient (Wildman–Crippen LogP) is 5.64. The molecule has 3 aromatic rings. The maximum absolute atomic E-state index is 14.0. The van der Waals surface area contributed by atoms with Crippen LogP contribution in [0.25, 0.3) is 0 Å². The van der Waals surface area contributed by atoms with E-state index in [2.05, 4.69) is 58.7 Å². The van der Waals surface area contributed by atoms with E-state index in [1.54, 1.807) is 17.0 Å². The van der Waals surface area contributed by atoms with Crippen molar-refractivity contribution in [3.63, 3.8) is 0 Å². The van der Waals surface area contributed by atoms with E-state index in [1.165, 1.54) is 23.3 Å². The van der Waals surface area contributed by atoms with Crippen LogP contribution in [-0.2, 0) is 4.79 Å². The Morgan fingerprint density at radius 1 is 0.842 bits per heavy atom. The van der Waals surface area contributed by atoms with Crippen LogP contribution in [0.4, 0.5) is 14.9 Å². The molecule has 0 bridgehead atoms. The van der Waals surface area contributed by atoms with Gasteiger partial charge in [0, 0.05) is 45.7 Å². The largest absolute Gasteiger partial charge is 0.340 e. The van der Waals surface area contributed by atoms with Gasteiger partial charge in [-0.3, -0.25) is 9.69 Å². The summed E-state index contributed by atoms with van der Waals surface area (Å²) in [5, 5.41) is 2.65. The fourth-order valence-corrected chi connectivity index (χ4v) is 4.98. The minimum atomic E-state index is -0.483. The number of hydrogen-bond acceptors (Lipinski definition) is 3. The van der Waals surface area contributed by atoms with Gasteiger partial charge in [0.05, 0.1) is 11.7 Å². The van der Waals surface area contributed by atoms with Crippen molar-refractivity contribution in [1.82, 2.24) is 14.7 Å². The minimum Gasteiger partial charge on any atom is -0.340 e. The van der Waals surface area contributed by atoms with Gasteiger partial charge in [-0.1, -0.05) is 86.6 Å². The molecule has 200 valence electrons. The van der Waals surface area contributed by atoms with Crippen LogP contribution < -0.4 is 5.32 Å². The third-order valence-electron chi connectivity index (χ3n) is 6.85. The van der Waals surface area contributed by atoms with Gasteiger partial charge < -0.3 is 15.1 Å². The Bertz CT molecular complexity index is 1140. The van der Waals surface area contributed by atoms with E-state index >= 15 is 0 Å². The zero-order chi connectivity index (χ0) is 26.9. The van der Waals surface area contributed by atoms with Crippen LogP contribution in [0.5, 0.6) is 0 Å². The molecule has 0 radical (unpaired) electrons. The van der Waals surface area contributed by atoms with Gasteiger partial charge in [0.1, 0.15) is 5.82 Å².